The summed E-state index contributed by atoms with van der Waals surface area (Å²) in [7, 11) is 0. The van der Waals surface area contributed by atoms with E-state index in [0.29, 0.717) is 12.0 Å². The van der Waals surface area contributed by atoms with Crippen molar-refractivity contribution in [3.8, 4) is 0 Å². The van der Waals surface area contributed by atoms with E-state index >= 15 is 0 Å². The van der Waals surface area contributed by atoms with Gasteiger partial charge in [-0.1, -0.05) is 19.1 Å². The van der Waals surface area contributed by atoms with Crippen LogP contribution in [0.5, 0.6) is 0 Å². The molecule has 1 saturated heterocycles. The Morgan fingerprint density at radius 2 is 2.36 bits per heavy atom. The summed E-state index contributed by atoms with van der Waals surface area (Å²) in [6.45, 7) is 4.34. The zero-order valence-electron chi connectivity index (χ0n) is 7.16. The molecule has 2 heteroatoms. The maximum Gasteiger partial charge on any atom is 0.107 e. The molecule has 64 valence electrons. The Kier molecular flexibility index (Phi) is 3.09. The van der Waals surface area contributed by atoms with Crippen LogP contribution in [0.1, 0.15) is 20.3 Å². The molecule has 0 saturated carbocycles. The highest BCUT2D eigenvalue weighted by molar-refractivity contribution is 4.92. The second kappa shape index (κ2) is 3.88. The Bertz CT molecular complexity index is 142. The van der Waals surface area contributed by atoms with Gasteiger partial charge in [-0.05, 0) is 19.3 Å². The van der Waals surface area contributed by atoms with Crippen LogP contribution in [0.15, 0.2) is 12.2 Å². The number of rotatable bonds is 4. The summed E-state index contributed by atoms with van der Waals surface area (Å²) in [4.78, 5) is 0. The molecule has 0 radical (unpaired) electrons. The van der Waals surface area contributed by atoms with Gasteiger partial charge in [0.25, 0.3) is 0 Å². The molecule has 1 heterocycles. The third kappa shape index (κ3) is 2.31. The highest BCUT2D eigenvalue weighted by Crippen LogP contribution is 2.30. The van der Waals surface area contributed by atoms with Gasteiger partial charge in [0.05, 0.1) is 12.7 Å². The predicted octanol–water partition coefficient (Wildman–Crippen LogP) is 1.35. The van der Waals surface area contributed by atoms with Crippen LogP contribution in [-0.4, -0.2) is 23.9 Å². The quantitative estimate of drug-likeness (QED) is 0.492. The standard InChI is InChI=1S/C9H16O2/c1-3-4-5-7(2)9-8(6-10)11-9/h3-4,7-10H,5-6H2,1-2H3/b4-3+/t7-,8-,9-/m1/s1. The zero-order chi connectivity index (χ0) is 8.27. The highest BCUT2D eigenvalue weighted by Gasteiger charge is 2.41. The van der Waals surface area contributed by atoms with E-state index in [2.05, 4.69) is 13.0 Å². The molecule has 0 aliphatic carbocycles. The fourth-order valence-corrected chi connectivity index (χ4v) is 1.29. The number of aliphatic hydroxyl groups is 1. The van der Waals surface area contributed by atoms with Gasteiger partial charge < -0.3 is 9.84 Å². The second-order valence-corrected chi connectivity index (χ2v) is 3.10. The molecule has 0 aromatic heterocycles. The average Bonchev–Trinajstić information content (AvgIpc) is 2.78. The summed E-state index contributed by atoms with van der Waals surface area (Å²) < 4.78 is 5.24. The first-order valence-corrected chi connectivity index (χ1v) is 4.17. The van der Waals surface area contributed by atoms with Crippen LogP contribution in [0.25, 0.3) is 0 Å². The molecule has 1 fully saturated rings. The molecule has 1 rings (SSSR count). The largest absolute Gasteiger partial charge is 0.394 e. The molecular weight excluding hydrogens is 140 g/mol. The van der Waals surface area contributed by atoms with Gasteiger partial charge in [0, 0.05) is 0 Å². The van der Waals surface area contributed by atoms with Gasteiger partial charge in [-0.2, -0.15) is 0 Å². The van der Waals surface area contributed by atoms with E-state index in [1.165, 1.54) is 0 Å². The summed E-state index contributed by atoms with van der Waals surface area (Å²) in [6.07, 6.45) is 5.66. The average molecular weight is 156 g/mol. The summed E-state index contributed by atoms with van der Waals surface area (Å²) in [5.74, 6) is 0.545. The van der Waals surface area contributed by atoms with E-state index in [4.69, 9.17) is 9.84 Å². The fourth-order valence-electron chi connectivity index (χ4n) is 1.29. The first-order valence-electron chi connectivity index (χ1n) is 4.17. The van der Waals surface area contributed by atoms with E-state index in [-0.39, 0.29) is 12.7 Å². The van der Waals surface area contributed by atoms with Gasteiger partial charge in [0.1, 0.15) is 6.10 Å². The minimum atomic E-state index is 0.121. The Morgan fingerprint density at radius 3 is 2.82 bits per heavy atom. The topological polar surface area (TPSA) is 32.8 Å². The number of hydrogen-bond acceptors (Lipinski definition) is 2. The van der Waals surface area contributed by atoms with Crippen LogP contribution in [0.4, 0.5) is 0 Å². The van der Waals surface area contributed by atoms with Crippen LogP contribution in [-0.2, 0) is 4.74 Å². The van der Waals surface area contributed by atoms with E-state index < -0.39 is 0 Å². The normalized spacial score (nSPS) is 32.6. The summed E-state index contributed by atoms with van der Waals surface area (Å²) >= 11 is 0. The lowest BCUT2D eigenvalue weighted by atomic mass is 10.0. The van der Waals surface area contributed by atoms with Crippen LogP contribution in [0.2, 0.25) is 0 Å². The van der Waals surface area contributed by atoms with Crippen LogP contribution < -0.4 is 0 Å². The van der Waals surface area contributed by atoms with Crippen molar-refractivity contribution in [2.24, 2.45) is 5.92 Å². The van der Waals surface area contributed by atoms with E-state index in [9.17, 15) is 0 Å². The highest BCUT2D eigenvalue weighted by atomic mass is 16.6. The monoisotopic (exact) mass is 156 g/mol. The van der Waals surface area contributed by atoms with E-state index in [0.717, 1.165) is 6.42 Å². The third-order valence-corrected chi connectivity index (χ3v) is 2.11. The van der Waals surface area contributed by atoms with Crippen molar-refractivity contribution >= 4 is 0 Å². The maximum atomic E-state index is 8.71. The van der Waals surface area contributed by atoms with Gasteiger partial charge >= 0.3 is 0 Å². The molecule has 0 aromatic rings. The molecule has 1 aliphatic rings. The molecule has 11 heavy (non-hydrogen) atoms. The maximum absolute atomic E-state index is 8.71. The van der Waals surface area contributed by atoms with Crippen molar-refractivity contribution in [1.29, 1.82) is 0 Å². The van der Waals surface area contributed by atoms with E-state index in [1.807, 2.05) is 13.0 Å². The minimum Gasteiger partial charge on any atom is -0.394 e. The Morgan fingerprint density at radius 1 is 1.64 bits per heavy atom. The van der Waals surface area contributed by atoms with Crippen molar-refractivity contribution in [1.82, 2.24) is 0 Å². The van der Waals surface area contributed by atoms with Gasteiger partial charge in [-0.15, -0.1) is 0 Å². The predicted molar refractivity (Wildman–Crippen MR) is 44.3 cm³/mol. The van der Waals surface area contributed by atoms with Crippen LogP contribution in [0, 0.1) is 5.92 Å². The van der Waals surface area contributed by atoms with Crippen LogP contribution in [0.3, 0.4) is 0 Å². The van der Waals surface area contributed by atoms with E-state index in [1.54, 1.807) is 0 Å². The first kappa shape index (κ1) is 8.75. The molecule has 0 amide bonds. The van der Waals surface area contributed by atoms with Gasteiger partial charge in [-0.3, -0.25) is 0 Å². The molecule has 0 bridgehead atoms. The molecular formula is C9H16O2. The molecule has 0 spiro atoms. The molecule has 2 nitrogen and oxygen atoms in total. The summed E-state index contributed by atoms with van der Waals surface area (Å²) in [5, 5.41) is 8.71. The van der Waals surface area contributed by atoms with Crippen molar-refractivity contribution in [2.75, 3.05) is 6.61 Å². The number of ether oxygens (including phenoxy) is 1. The minimum absolute atomic E-state index is 0.121. The smallest absolute Gasteiger partial charge is 0.107 e. The first-order chi connectivity index (χ1) is 5.29. The molecule has 1 aliphatic heterocycles. The molecule has 3 atom stereocenters. The van der Waals surface area contributed by atoms with Crippen LogP contribution >= 0.6 is 0 Å². The second-order valence-electron chi connectivity index (χ2n) is 3.10. The fraction of sp³-hybridized carbons (Fsp3) is 0.778. The van der Waals surface area contributed by atoms with Crippen molar-refractivity contribution in [3.63, 3.8) is 0 Å². The lowest BCUT2D eigenvalue weighted by Gasteiger charge is -2.02. The summed E-state index contributed by atoms with van der Waals surface area (Å²) in [5.41, 5.74) is 0. The molecule has 0 aromatic carbocycles. The molecule has 0 unspecified atom stereocenters. The summed E-state index contributed by atoms with van der Waals surface area (Å²) in [6, 6.07) is 0. The zero-order valence-corrected chi connectivity index (χ0v) is 7.16. The number of hydrogen-bond donors (Lipinski definition) is 1. The van der Waals surface area contributed by atoms with Crippen molar-refractivity contribution in [3.05, 3.63) is 12.2 Å². The lowest BCUT2D eigenvalue weighted by molar-refractivity contribution is 0.239. The SMILES string of the molecule is C/C=C/C[C@@H](C)[C@H]1O[C@@H]1CO. The number of epoxide rings is 1. The number of allylic oxidation sites excluding steroid dienone is 2. The van der Waals surface area contributed by atoms with Gasteiger partial charge in [0.15, 0.2) is 0 Å². The van der Waals surface area contributed by atoms with Gasteiger partial charge in [-0.25, -0.2) is 0 Å². The Hall–Kier alpha value is -0.340. The van der Waals surface area contributed by atoms with Crippen molar-refractivity contribution < 1.29 is 9.84 Å². The lowest BCUT2D eigenvalue weighted by Crippen LogP contribution is -2.08. The molecule has 1 N–H and O–H groups in total. The van der Waals surface area contributed by atoms with Crippen molar-refractivity contribution in [2.45, 2.75) is 32.5 Å². The Labute approximate surface area is 67.9 Å². The Balaban J connectivity index is 2.17. The van der Waals surface area contributed by atoms with Gasteiger partial charge in [0.2, 0.25) is 0 Å². The third-order valence-electron chi connectivity index (χ3n) is 2.11. The number of aliphatic hydroxyl groups excluding tert-OH is 1.